The third kappa shape index (κ3) is 8.71. The van der Waals surface area contributed by atoms with Crippen LogP contribution < -0.4 is 9.62 Å². The fourth-order valence-corrected chi connectivity index (χ4v) is 6.64. The molecule has 0 aliphatic rings. The first-order valence-electron chi connectivity index (χ1n) is 14.7. The van der Waals surface area contributed by atoms with Crippen LogP contribution in [0.5, 0.6) is 0 Å². The van der Waals surface area contributed by atoms with Gasteiger partial charge in [0.25, 0.3) is 10.0 Å². The maximum atomic E-state index is 14.5. The van der Waals surface area contributed by atoms with Gasteiger partial charge in [-0.2, -0.15) is 0 Å². The average Bonchev–Trinajstić information content (AvgIpc) is 3.03. The summed E-state index contributed by atoms with van der Waals surface area (Å²) in [5.41, 5.74) is 2.23. The molecule has 2 amide bonds. The van der Waals surface area contributed by atoms with E-state index >= 15 is 0 Å². The summed E-state index contributed by atoms with van der Waals surface area (Å²) < 4.78 is 43.1. The number of benzene rings is 4. The Bertz CT molecular complexity index is 1700. The van der Waals surface area contributed by atoms with Gasteiger partial charge in [0.15, 0.2) is 0 Å². The van der Waals surface area contributed by atoms with E-state index in [-0.39, 0.29) is 35.5 Å². The second-order valence-corrected chi connectivity index (χ2v) is 13.2. The summed E-state index contributed by atoms with van der Waals surface area (Å²) >= 11 is 6.20. The topological polar surface area (TPSA) is 86.8 Å². The number of hydrogen-bond acceptors (Lipinski definition) is 4. The van der Waals surface area contributed by atoms with Gasteiger partial charge in [-0.1, -0.05) is 79.2 Å². The van der Waals surface area contributed by atoms with E-state index in [4.69, 9.17) is 11.6 Å². The molecular weight excluding hydrogens is 613 g/mol. The van der Waals surface area contributed by atoms with Crippen LogP contribution >= 0.6 is 11.6 Å². The average molecular weight is 650 g/mol. The summed E-state index contributed by atoms with van der Waals surface area (Å²) in [6, 6.07) is 26.4. The molecule has 0 spiro atoms. The quantitative estimate of drug-likeness (QED) is 0.178. The van der Waals surface area contributed by atoms with Crippen LogP contribution in [-0.4, -0.2) is 43.8 Å². The van der Waals surface area contributed by atoms with Crippen molar-refractivity contribution in [1.82, 2.24) is 10.2 Å². The second-order valence-electron chi connectivity index (χ2n) is 10.9. The minimum absolute atomic E-state index is 0.00702. The Kier molecular flexibility index (Phi) is 11.4. The first-order chi connectivity index (χ1) is 21.5. The van der Waals surface area contributed by atoms with Gasteiger partial charge in [-0.05, 0) is 79.4 Å². The van der Waals surface area contributed by atoms with E-state index in [0.29, 0.717) is 22.6 Å². The molecular formula is C35H37ClFN3O4S. The highest BCUT2D eigenvalue weighted by molar-refractivity contribution is 7.92. The van der Waals surface area contributed by atoms with Crippen LogP contribution in [0.15, 0.2) is 108 Å². The molecule has 0 unspecified atom stereocenters. The molecule has 0 bridgehead atoms. The number of nitrogens with zero attached hydrogens (tertiary/aromatic N) is 2. The molecule has 45 heavy (non-hydrogen) atoms. The minimum atomic E-state index is -4.23. The summed E-state index contributed by atoms with van der Waals surface area (Å²) in [4.78, 5) is 29.7. The zero-order valence-corrected chi connectivity index (χ0v) is 27.1. The normalized spacial score (nSPS) is 12.6. The first kappa shape index (κ1) is 33.7. The number of rotatable bonds is 13. The molecule has 2 atom stereocenters. The standard InChI is InChI=1S/C35H37ClFN3O4S/c1-4-26(3)38-35(42)33(22-27-11-7-5-8-12-27)39(23-28-15-18-30(37)19-16-28)34(41)24-40(32-20-17-29(36)21-25(32)2)45(43,44)31-13-9-6-10-14-31/h5-21,26,33H,4,22-24H2,1-3H3,(H,38,42)/t26-,33-/m0/s1. The molecule has 7 nitrogen and oxygen atoms in total. The van der Waals surface area contributed by atoms with Crippen LogP contribution in [0.1, 0.15) is 37.0 Å². The number of sulfonamides is 1. The van der Waals surface area contributed by atoms with Crippen molar-refractivity contribution in [3.63, 3.8) is 0 Å². The van der Waals surface area contributed by atoms with Crippen LogP contribution in [0, 0.1) is 12.7 Å². The van der Waals surface area contributed by atoms with E-state index in [1.54, 1.807) is 55.5 Å². The number of hydrogen-bond donors (Lipinski definition) is 1. The molecule has 0 aromatic heterocycles. The lowest BCUT2D eigenvalue weighted by atomic mass is 10.0. The van der Waals surface area contributed by atoms with Crippen LogP contribution in [-0.2, 0) is 32.6 Å². The molecule has 0 saturated heterocycles. The Hall–Kier alpha value is -4.21. The Balaban J connectivity index is 1.82. The van der Waals surface area contributed by atoms with Gasteiger partial charge < -0.3 is 10.2 Å². The van der Waals surface area contributed by atoms with Gasteiger partial charge in [-0.25, -0.2) is 12.8 Å². The largest absolute Gasteiger partial charge is 0.352 e. The number of aryl methyl sites for hydroxylation is 1. The smallest absolute Gasteiger partial charge is 0.264 e. The van der Waals surface area contributed by atoms with Crippen molar-refractivity contribution >= 4 is 39.1 Å². The predicted octanol–water partition coefficient (Wildman–Crippen LogP) is 6.54. The molecule has 10 heteroatoms. The highest BCUT2D eigenvalue weighted by Crippen LogP contribution is 2.29. The summed E-state index contributed by atoms with van der Waals surface area (Å²) in [7, 11) is -4.23. The molecule has 4 aromatic carbocycles. The van der Waals surface area contributed by atoms with Gasteiger partial charge in [0.05, 0.1) is 10.6 Å². The Morgan fingerprint density at radius 2 is 1.51 bits per heavy atom. The van der Waals surface area contributed by atoms with Gasteiger partial charge in [-0.3, -0.25) is 13.9 Å². The van der Waals surface area contributed by atoms with Crippen LogP contribution in [0.3, 0.4) is 0 Å². The molecule has 0 fully saturated rings. The van der Waals surface area contributed by atoms with Crippen molar-refractivity contribution in [3.05, 3.63) is 131 Å². The summed E-state index contributed by atoms with van der Waals surface area (Å²) in [6.45, 7) is 4.89. The number of carbonyl (C=O) groups excluding carboxylic acids is 2. The van der Waals surface area contributed by atoms with Crippen LogP contribution in [0.25, 0.3) is 0 Å². The van der Waals surface area contributed by atoms with Gasteiger partial charge in [0.1, 0.15) is 18.4 Å². The number of amides is 2. The molecule has 236 valence electrons. The van der Waals surface area contributed by atoms with Gasteiger partial charge in [0.2, 0.25) is 11.8 Å². The van der Waals surface area contributed by atoms with E-state index in [2.05, 4.69) is 5.32 Å². The lowest BCUT2D eigenvalue weighted by Crippen LogP contribution is -2.54. The SMILES string of the molecule is CC[C@H](C)NC(=O)[C@H](Cc1ccccc1)N(Cc1ccc(F)cc1)C(=O)CN(c1ccc(Cl)cc1C)S(=O)(=O)c1ccccc1. The molecule has 0 aliphatic carbocycles. The molecule has 0 radical (unpaired) electrons. The fraction of sp³-hybridized carbons (Fsp3) is 0.257. The zero-order chi connectivity index (χ0) is 32.6. The first-order valence-corrected chi connectivity index (χ1v) is 16.5. The third-order valence-corrected chi connectivity index (χ3v) is 9.58. The van der Waals surface area contributed by atoms with Crippen LogP contribution in [0.4, 0.5) is 10.1 Å². The van der Waals surface area contributed by atoms with Crippen molar-refractivity contribution < 1.29 is 22.4 Å². The van der Waals surface area contributed by atoms with E-state index < -0.39 is 34.3 Å². The van der Waals surface area contributed by atoms with Crippen molar-refractivity contribution in [1.29, 1.82) is 0 Å². The van der Waals surface area contributed by atoms with E-state index in [1.165, 1.54) is 29.2 Å². The summed E-state index contributed by atoms with van der Waals surface area (Å²) in [6.07, 6.45) is 0.857. The summed E-state index contributed by atoms with van der Waals surface area (Å²) in [5.74, 6) is -1.41. The van der Waals surface area contributed by atoms with Crippen molar-refractivity contribution in [2.45, 2.75) is 57.1 Å². The number of carbonyl (C=O) groups is 2. The maximum absolute atomic E-state index is 14.5. The lowest BCUT2D eigenvalue weighted by Gasteiger charge is -2.34. The fourth-order valence-electron chi connectivity index (χ4n) is 4.91. The van der Waals surface area contributed by atoms with Gasteiger partial charge in [0, 0.05) is 24.0 Å². The molecule has 0 aliphatic heterocycles. The maximum Gasteiger partial charge on any atom is 0.264 e. The van der Waals surface area contributed by atoms with E-state index in [0.717, 1.165) is 9.87 Å². The highest BCUT2D eigenvalue weighted by Gasteiger charge is 2.35. The number of anilines is 1. The molecule has 0 heterocycles. The number of nitrogens with one attached hydrogen (secondary N) is 1. The molecule has 0 saturated carbocycles. The second kappa shape index (κ2) is 15.2. The Morgan fingerprint density at radius 1 is 0.889 bits per heavy atom. The Labute approximate surface area is 269 Å². The predicted molar refractivity (Wildman–Crippen MR) is 176 cm³/mol. The minimum Gasteiger partial charge on any atom is -0.352 e. The molecule has 4 aromatic rings. The highest BCUT2D eigenvalue weighted by atomic mass is 35.5. The van der Waals surface area contributed by atoms with E-state index in [1.807, 2.05) is 44.2 Å². The Morgan fingerprint density at radius 3 is 2.11 bits per heavy atom. The van der Waals surface area contributed by atoms with Crippen molar-refractivity contribution in [2.24, 2.45) is 0 Å². The lowest BCUT2D eigenvalue weighted by molar-refractivity contribution is -0.140. The number of halogens is 2. The van der Waals surface area contributed by atoms with Gasteiger partial charge >= 0.3 is 0 Å². The molecule has 4 rings (SSSR count). The molecule has 1 N–H and O–H groups in total. The van der Waals surface area contributed by atoms with Crippen molar-refractivity contribution in [3.8, 4) is 0 Å². The summed E-state index contributed by atoms with van der Waals surface area (Å²) in [5, 5.41) is 3.42. The third-order valence-electron chi connectivity index (χ3n) is 7.58. The van der Waals surface area contributed by atoms with Crippen LogP contribution in [0.2, 0.25) is 5.02 Å². The monoisotopic (exact) mass is 649 g/mol. The van der Waals surface area contributed by atoms with Crippen molar-refractivity contribution in [2.75, 3.05) is 10.8 Å². The zero-order valence-electron chi connectivity index (χ0n) is 25.5. The van der Waals surface area contributed by atoms with E-state index in [9.17, 15) is 22.4 Å². The van der Waals surface area contributed by atoms with Gasteiger partial charge in [-0.15, -0.1) is 0 Å².